The van der Waals surface area contributed by atoms with E-state index in [-0.39, 0.29) is 0 Å². The molecule has 0 amide bonds. The van der Waals surface area contributed by atoms with Crippen molar-refractivity contribution in [3.05, 3.63) is 70.2 Å². The molecule has 0 N–H and O–H groups in total. The van der Waals surface area contributed by atoms with Crippen LogP contribution < -0.4 is 0 Å². The van der Waals surface area contributed by atoms with Gasteiger partial charge in [-0.05, 0) is 35.7 Å². The Kier molecular flexibility index (Phi) is 3.24. The lowest BCUT2D eigenvalue weighted by Crippen LogP contribution is -1.89. The third-order valence-electron chi connectivity index (χ3n) is 2.44. The van der Waals surface area contributed by atoms with Crippen LogP contribution in [-0.2, 0) is 6.42 Å². The van der Waals surface area contributed by atoms with Gasteiger partial charge in [0.25, 0.3) is 0 Å². The molecule has 0 spiro atoms. The monoisotopic (exact) mass is 227 g/mol. The summed E-state index contributed by atoms with van der Waals surface area (Å²) in [6.45, 7) is 0. The fourth-order valence-electron chi connectivity index (χ4n) is 1.56. The minimum absolute atomic E-state index is 0.683. The van der Waals surface area contributed by atoms with E-state index in [0.29, 0.717) is 5.56 Å². The zero-order valence-corrected chi connectivity index (χ0v) is 9.41. The van der Waals surface area contributed by atoms with Gasteiger partial charge in [0.15, 0.2) is 0 Å². The number of nitriles is 1. The molecule has 78 valence electrons. The molecule has 0 saturated heterocycles. The average molecular weight is 228 g/mol. The minimum atomic E-state index is 0.683. The first-order chi connectivity index (χ1) is 7.79. The highest BCUT2D eigenvalue weighted by Crippen LogP contribution is 2.18. The van der Waals surface area contributed by atoms with Crippen molar-refractivity contribution < 1.29 is 0 Å². The van der Waals surface area contributed by atoms with Crippen LogP contribution in [0.2, 0.25) is 5.02 Å². The van der Waals surface area contributed by atoms with E-state index >= 15 is 0 Å². The lowest BCUT2D eigenvalue weighted by Gasteiger charge is -2.04. The Hall–Kier alpha value is -1.78. The van der Waals surface area contributed by atoms with Crippen LogP contribution in [0.4, 0.5) is 0 Å². The van der Waals surface area contributed by atoms with Crippen LogP contribution in [0.3, 0.4) is 0 Å². The molecule has 0 aliphatic heterocycles. The third kappa shape index (κ3) is 2.42. The van der Waals surface area contributed by atoms with Crippen molar-refractivity contribution in [3.8, 4) is 6.07 Å². The van der Waals surface area contributed by atoms with Crippen molar-refractivity contribution in [1.82, 2.24) is 0 Å². The Morgan fingerprint density at radius 1 is 1.00 bits per heavy atom. The maximum Gasteiger partial charge on any atom is 0.0991 e. The smallest absolute Gasteiger partial charge is 0.0991 e. The Morgan fingerprint density at radius 3 is 2.31 bits per heavy atom. The van der Waals surface area contributed by atoms with Crippen molar-refractivity contribution in [1.29, 1.82) is 5.26 Å². The van der Waals surface area contributed by atoms with Crippen molar-refractivity contribution in [2.45, 2.75) is 6.42 Å². The Bertz CT molecular complexity index is 523. The van der Waals surface area contributed by atoms with Gasteiger partial charge in [-0.3, -0.25) is 0 Å². The molecule has 0 aromatic heterocycles. The van der Waals surface area contributed by atoms with E-state index < -0.39 is 0 Å². The molecule has 0 fully saturated rings. The van der Waals surface area contributed by atoms with E-state index in [1.54, 1.807) is 0 Å². The predicted molar refractivity (Wildman–Crippen MR) is 65.4 cm³/mol. The van der Waals surface area contributed by atoms with Crippen molar-refractivity contribution >= 4 is 11.6 Å². The second-order valence-electron chi connectivity index (χ2n) is 3.58. The maximum atomic E-state index is 8.69. The van der Waals surface area contributed by atoms with Gasteiger partial charge in [-0.25, -0.2) is 0 Å². The van der Waals surface area contributed by atoms with E-state index in [1.807, 2.05) is 48.5 Å². The van der Waals surface area contributed by atoms with Crippen LogP contribution in [0.5, 0.6) is 0 Å². The Morgan fingerprint density at radius 2 is 1.69 bits per heavy atom. The van der Waals surface area contributed by atoms with Crippen LogP contribution in [0.25, 0.3) is 0 Å². The second kappa shape index (κ2) is 4.83. The normalized spacial score (nSPS) is 9.75. The van der Waals surface area contributed by atoms with Gasteiger partial charge >= 0.3 is 0 Å². The number of benzene rings is 2. The van der Waals surface area contributed by atoms with Gasteiger partial charge in [0.1, 0.15) is 0 Å². The van der Waals surface area contributed by atoms with Gasteiger partial charge in [-0.15, -0.1) is 0 Å². The molecular weight excluding hydrogens is 218 g/mol. The van der Waals surface area contributed by atoms with Gasteiger partial charge in [0.05, 0.1) is 11.6 Å². The van der Waals surface area contributed by atoms with E-state index in [2.05, 4.69) is 6.07 Å². The summed E-state index contributed by atoms with van der Waals surface area (Å²) in [6.07, 6.45) is 0.797. The molecule has 2 rings (SSSR count). The first-order valence-corrected chi connectivity index (χ1v) is 5.40. The van der Waals surface area contributed by atoms with Crippen molar-refractivity contribution in [2.75, 3.05) is 0 Å². The Balaban J connectivity index is 2.22. The molecule has 0 unspecified atom stereocenters. The number of rotatable bonds is 2. The van der Waals surface area contributed by atoms with Crippen LogP contribution in [0.1, 0.15) is 16.7 Å². The molecule has 2 aromatic carbocycles. The van der Waals surface area contributed by atoms with E-state index in [4.69, 9.17) is 16.9 Å². The first kappa shape index (κ1) is 10.7. The Labute approximate surface area is 99.9 Å². The summed E-state index contributed by atoms with van der Waals surface area (Å²) in [5, 5.41) is 9.48. The lowest BCUT2D eigenvalue weighted by molar-refractivity contribution is 1.19. The average Bonchev–Trinajstić information content (AvgIpc) is 2.33. The highest BCUT2D eigenvalue weighted by molar-refractivity contribution is 6.31. The zero-order valence-electron chi connectivity index (χ0n) is 8.65. The number of hydrogen-bond donors (Lipinski definition) is 0. The predicted octanol–water partition coefficient (Wildman–Crippen LogP) is 3.80. The van der Waals surface area contributed by atoms with E-state index in [1.165, 1.54) is 0 Å². The molecule has 0 aliphatic carbocycles. The summed E-state index contributed by atoms with van der Waals surface area (Å²) in [5.74, 6) is 0. The molecule has 0 radical (unpaired) electrons. The van der Waals surface area contributed by atoms with E-state index in [0.717, 1.165) is 22.6 Å². The number of nitrogens with zero attached hydrogens (tertiary/aromatic N) is 1. The maximum absolute atomic E-state index is 8.69. The highest BCUT2D eigenvalue weighted by atomic mass is 35.5. The molecular formula is C14H10ClN. The number of hydrogen-bond acceptors (Lipinski definition) is 1. The van der Waals surface area contributed by atoms with Gasteiger partial charge in [-0.1, -0.05) is 41.9 Å². The molecule has 2 aromatic rings. The van der Waals surface area contributed by atoms with E-state index in [9.17, 15) is 0 Å². The second-order valence-corrected chi connectivity index (χ2v) is 3.98. The highest BCUT2D eigenvalue weighted by Gasteiger charge is 2.00. The summed E-state index contributed by atoms with van der Waals surface area (Å²) in [6, 6.07) is 17.5. The fraction of sp³-hybridized carbons (Fsp3) is 0.0714. The zero-order chi connectivity index (χ0) is 11.4. The topological polar surface area (TPSA) is 23.8 Å². The standard InChI is InChI=1S/C14H10ClN/c15-14-4-2-1-3-13(14)9-11-5-7-12(10-16)8-6-11/h1-8H,9H2. The quantitative estimate of drug-likeness (QED) is 0.766. The summed E-state index contributed by atoms with van der Waals surface area (Å²) in [7, 11) is 0. The summed E-state index contributed by atoms with van der Waals surface area (Å²) >= 11 is 6.08. The summed E-state index contributed by atoms with van der Waals surface area (Å²) < 4.78 is 0. The van der Waals surface area contributed by atoms with Gasteiger partial charge < -0.3 is 0 Å². The first-order valence-electron chi connectivity index (χ1n) is 5.02. The number of halogens is 1. The molecule has 0 heterocycles. The molecule has 0 bridgehead atoms. The molecule has 0 saturated carbocycles. The van der Waals surface area contributed by atoms with Crippen LogP contribution in [-0.4, -0.2) is 0 Å². The summed E-state index contributed by atoms with van der Waals surface area (Å²) in [5.41, 5.74) is 2.95. The van der Waals surface area contributed by atoms with Crippen LogP contribution >= 0.6 is 11.6 Å². The van der Waals surface area contributed by atoms with Gasteiger partial charge in [0, 0.05) is 5.02 Å². The van der Waals surface area contributed by atoms with Crippen LogP contribution in [0, 0.1) is 11.3 Å². The summed E-state index contributed by atoms with van der Waals surface area (Å²) in [4.78, 5) is 0. The minimum Gasteiger partial charge on any atom is -0.192 e. The molecule has 16 heavy (non-hydrogen) atoms. The van der Waals surface area contributed by atoms with Gasteiger partial charge in [0.2, 0.25) is 0 Å². The van der Waals surface area contributed by atoms with Crippen molar-refractivity contribution in [2.24, 2.45) is 0 Å². The van der Waals surface area contributed by atoms with Crippen LogP contribution in [0.15, 0.2) is 48.5 Å². The largest absolute Gasteiger partial charge is 0.192 e. The molecule has 0 atom stereocenters. The fourth-order valence-corrected chi connectivity index (χ4v) is 1.76. The SMILES string of the molecule is N#Cc1ccc(Cc2ccccc2Cl)cc1. The lowest BCUT2D eigenvalue weighted by atomic mass is 10.0. The molecule has 0 aliphatic rings. The van der Waals surface area contributed by atoms with Gasteiger partial charge in [-0.2, -0.15) is 5.26 Å². The molecule has 2 heteroatoms. The van der Waals surface area contributed by atoms with Crippen molar-refractivity contribution in [3.63, 3.8) is 0 Å². The molecule has 1 nitrogen and oxygen atoms in total. The third-order valence-corrected chi connectivity index (χ3v) is 2.80.